The van der Waals surface area contributed by atoms with Gasteiger partial charge in [-0.2, -0.15) is 8.78 Å². The van der Waals surface area contributed by atoms with Gasteiger partial charge in [-0.25, -0.2) is 4.79 Å². The summed E-state index contributed by atoms with van der Waals surface area (Å²) >= 11 is 0.409. The molecule has 1 amide bonds. The molecule has 2 aromatic rings. The first-order valence-corrected chi connectivity index (χ1v) is 8.41. The van der Waals surface area contributed by atoms with Gasteiger partial charge < -0.3 is 19.2 Å². The average molecular weight is 385 g/mol. The van der Waals surface area contributed by atoms with Crippen molar-refractivity contribution in [3.05, 3.63) is 47.9 Å². The topological polar surface area (TPSA) is 77.8 Å². The van der Waals surface area contributed by atoms with Gasteiger partial charge in [0.1, 0.15) is 12.4 Å². The van der Waals surface area contributed by atoms with E-state index in [1.807, 2.05) is 0 Å². The predicted molar refractivity (Wildman–Crippen MR) is 91.2 cm³/mol. The predicted octanol–water partition coefficient (Wildman–Crippen LogP) is 3.92. The molecule has 0 saturated heterocycles. The Kier molecular flexibility index (Phi) is 7.16. The largest absolute Gasteiger partial charge is 0.452 e. The van der Waals surface area contributed by atoms with Crippen LogP contribution in [0.15, 0.2) is 45.7 Å². The number of rotatable bonds is 8. The third-order valence-electron chi connectivity index (χ3n) is 3.15. The number of nitrogens with one attached hydrogen (secondary N) is 1. The number of amides is 1. The van der Waals surface area contributed by atoms with Gasteiger partial charge in [0.05, 0.1) is 0 Å². The minimum absolute atomic E-state index is 0.0370. The van der Waals surface area contributed by atoms with Gasteiger partial charge in [0.15, 0.2) is 6.10 Å². The van der Waals surface area contributed by atoms with Gasteiger partial charge >= 0.3 is 5.97 Å². The van der Waals surface area contributed by atoms with E-state index in [0.717, 1.165) is 0 Å². The van der Waals surface area contributed by atoms with E-state index in [9.17, 15) is 18.4 Å². The molecule has 9 heteroatoms. The fraction of sp³-hybridized carbons (Fsp3) is 0.294. The van der Waals surface area contributed by atoms with Crippen LogP contribution in [0.2, 0.25) is 0 Å². The Morgan fingerprint density at radius 2 is 1.88 bits per heavy atom. The Bertz CT molecular complexity index is 748. The number of alkyl halides is 2. The first-order chi connectivity index (χ1) is 12.4. The van der Waals surface area contributed by atoms with Gasteiger partial charge in [0.25, 0.3) is 11.7 Å². The summed E-state index contributed by atoms with van der Waals surface area (Å²) in [4.78, 5) is 24.4. The molecule has 0 saturated carbocycles. The lowest BCUT2D eigenvalue weighted by atomic mass is 10.3. The van der Waals surface area contributed by atoms with Gasteiger partial charge in [-0.05, 0) is 43.3 Å². The highest BCUT2D eigenvalue weighted by atomic mass is 32.2. The lowest BCUT2D eigenvalue weighted by molar-refractivity contribution is -0.123. The number of esters is 1. The van der Waals surface area contributed by atoms with Gasteiger partial charge in [-0.3, -0.25) is 4.79 Å². The molecule has 0 aliphatic rings. The van der Waals surface area contributed by atoms with Crippen molar-refractivity contribution in [3.63, 3.8) is 0 Å². The van der Waals surface area contributed by atoms with E-state index in [2.05, 4.69) is 5.32 Å². The number of methoxy groups -OCH3 is 1. The highest BCUT2D eigenvalue weighted by Gasteiger charge is 2.21. The number of hydrogen-bond acceptors (Lipinski definition) is 6. The van der Waals surface area contributed by atoms with Gasteiger partial charge in [0, 0.05) is 17.7 Å². The molecule has 1 atom stereocenters. The minimum atomic E-state index is -2.51. The van der Waals surface area contributed by atoms with Crippen molar-refractivity contribution in [2.45, 2.75) is 30.3 Å². The SMILES string of the molecule is COCc1ccc(C(=O)OC(C)C(=O)Nc2ccc(SC(F)F)cc2)o1. The van der Waals surface area contributed by atoms with Crippen molar-refractivity contribution < 1.29 is 32.3 Å². The van der Waals surface area contributed by atoms with E-state index in [-0.39, 0.29) is 12.4 Å². The van der Waals surface area contributed by atoms with Crippen molar-refractivity contribution in [1.29, 1.82) is 0 Å². The number of halogens is 2. The summed E-state index contributed by atoms with van der Waals surface area (Å²) in [5.41, 5.74) is 0.400. The van der Waals surface area contributed by atoms with Crippen LogP contribution < -0.4 is 5.32 Å². The fourth-order valence-corrected chi connectivity index (χ4v) is 2.44. The van der Waals surface area contributed by atoms with E-state index >= 15 is 0 Å². The molecule has 6 nitrogen and oxygen atoms in total. The van der Waals surface area contributed by atoms with Crippen molar-refractivity contribution in [2.75, 3.05) is 12.4 Å². The molecular weight excluding hydrogens is 368 g/mol. The Labute approximate surface area is 152 Å². The van der Waals surface area contributed by atoms with Crippen molar-refractivity contribution >= 4 is 29.3 Å². The summed E-state index contributed by atoms with van der Waals surface area (Å²) in [6, 6.07) is 8.90. The molecule has 1 N–H and O–H groups in total. The smallest absolute Gasteiger partial charge is 0.375 e. The number of carbonyl (C=O) groups excluding carboxylic acids is 2. The van der Waals surface area contributed by atoms with Gasteiger partial charge in [-0.15, -0.1) is 0 Å². The van der Waals surface area contributed by atoms with E-state index in [0.29, 0.717) is 28.1 Å². The molecule has 1 unspecified atom stereocenters. The molecule has 0 radical (unpaired) electrons. The highest BCUT2D eigenvalue weighted by molar-refractivity contribution is 7.99. The number of furan rings is 1. The van der Waals surface area contributed by atoms with E-state index in [4.69, 9.17) is 13.9 Å². The number of hydrogen-bond donors (Lipinski definition) is 1. The van der Waals surface area contributed by atoms with Crippen LogP contribution in [0.3, 0.4) is 0 Å². The molecule has 1 aromatic heterocycles. The third-order valence-corrected chi connectivity index (χ3v) is 3.87. The Balaban J connectivity index is 1.89. The Morgan fingerprint density at radius 1 is 1.19 bits per heavy atom. The molecule has 0 spiro atoms. The van der Waals surface area contributed by atoms with Crippen molar-refractivity contribution in [3.8, 4) is 0 Å². The zero-order chi connectivity index (χ0) is 19.1. The van der Waals surface area contributed by atoms with Crippen molar-refractivity contribution in [1.82, 2.24) is 0 Å². The molecule has 0 fully saturated rings. The number of benzene rings is 1. The summed E-state index contributed by atoms with van der Waals surface area (Å²) < 4.78 is 39.7. The second-order valence-corrected chi connectivity index (χ2v) is 6.20. The number of ether oxygens (including phenoxy) is 2. The molecule has 1 heterocycles. The molecule has 26 heavy (non-hydrogen) atoms. The maximum atomic E-state index is 12.3. The summed E-state index contributed by atoms with van der Waals surface area (Å²) in [7, 11) is 1.49. The Morgan fingerprint density at radius 3 is 2.50 bits per heavy atom. The summed E-state index contributed by atoms with van der Waals surface area (Å²) in [6.07, 6.45) is -1.08. The molecule has 0 bridgehead atoms. The lowest BCUT2D eigenvalue weighted by Crippen LogP contribution is -2.29. The van der Waals surface area contributed by atoms with E-state index in [1.54, 1.807) is 6.07 Å². The van der Waals surface area contributed by atoms with Crippen LogP contribution in [0.5, 0.6) is 0 Å². The zero-order valence-corrected chi connectivity index (χ0v) is 14.8. The lowest BCUT2D eigenvalue weighted by Gasteiger charge is -2.13. The zero-order valence-electron chi connectivity index (χ0n) is 14.0. The number of thioether (sulfide) groups is 1. The van der Waals surface area contributed by atoms with Crippen LogP contribution in [0.25, 0.3) is 0 Å². The summed E-state index contributed by atoms with van der Waals surface area (Å²) in [5.74, 6) is -3.43. The van der Waals surface area contributed by atoms with Crippen LogP contribution in [-0.4, -0.2) is 30.8 Å². The van der Waals surface area contributed by atoms with Gasteiger partial charge in [0.2, 0.25) is 5.76 Å². The van der Waals surface area contributed by atoms with Gasteiger partial charge in [-0.1, -0.05) is 11.8 Å². The maximum Gasteiger partial charge on any atom is 0.375 e. The average Bonchev–Trinajstić information content (AvgIpc) is 3.05. The Hall–Kier alpha value is -2.39. The first-order valence-electron chi connectivity index (χ1n) is 7.53. The summed E-state index contributed by atoms with van der Waals surface area (Å²) in [5, 5.41) is 2.54. The molecule has 0 aliphatic heterocycles. The van der Waals surface area contributed by atoms with Crippen LogP contribution in [-0.2, 0) is 20.9 Å². The highest BCUT2D eigenvalue weighted by Crippen LogP contribution is 2.26. The molecule has 140 valence electrons. The second kappa shape index (κ2) is 9.35. The monoisotopic (exact) mass is 385 g/mol. The molecule has 1 aromatic carbocycles. The van der Waals surface area contributed by atoms with Crippen LogP contribution >= 0.6 is 11.8 Å². The second-order valence-electron chi connectivity index (χ2n) is 5.14. The van der Waals surface area contributed by atoms with Crippen LogP contribution in [0.4, 0.5) is 14.5 Å². The standard InChI is InChI=1S/C17H17F2NO5S/c1-10(24-16(22)14-8-5-12(25-14)9-23-2)15(21)20-11-3-6-13(7-4-11)26-17(18)19/h3-8,10,17H,9H2,1-2H3,(H,20,21). The summed E-state index contributed by atoms with van der Waals surface area (Å²) in [6.45, 7) is 1.62. The first kappa shape index (κ1) is 19.9. The quantitative estimate of drug-likeness (QED) is 0.548. The third kappa shape index (κ3) is 5.85. The van der Waals surface area contributed by atoms with Crippen molar-refractivity contribution in [2.24, 2.45) is 0 Å². The fourth-order valence-electron chi connectivity index (χ4n) is 1.94. The number of anilines is 1. The minimum Gasteiger partial charge on any atom is -0.452 e. The molecule has 2 rings (SSSR count). The normalized spacial score (nSPS) is 12.0. The maximum absolute atomic E-state index is 12.3. The van der Waals surface area contributed by atoms with E-state index < -0.39 is 23.7 Å². The van der Waals surface area contributed by atoms with Crippen LogP contribution in [0, 0.1) is 0 Å². The number of carbonyl (C=O) groups is 2. The van der Waals surface area contributed by atoms with E-state index in [1.165, 1.54) is 44.4 Å². The molecular formula is C17H17F2NO5S. The van der Waals surface area contributed by atoms with Crippen LogP contribution in [0.1, 0.15) is 23.2 Å². The molecule has 0 aliphatic carbocycles.